The quantitative estimate of drug-likeness (QED) is 0.867. The molecule has 0 aliphatic carbocycles. The number of anilines is 2. The van der Waals surface area contributed by atoms with E-state index in [4.69, 9.17) is 16.3 Å². The Morgan fingerprint density at radius 1 is 1.21 bits per heavy atom. The monoisotopic (exact) mass is 344 g/mol. The summed E-state index contributed by atoms with van der Waals surface area (Å²) in [5.74, 6) is -0.474. The van der Waals surface area contributed by atoms with E-state index >= 15 is 0 Å². The summed E-state index contributed by atoms with van der Waals surface area (Å²) in [6, 6.07) is 14.0. The van der Waals surface area contributed by atoms with Crippen LogP contribution < -0.4 is 15.0 Å². The number of likely N-dealkylation sites (N-methyl/N-ethyl adjacent to an activating group) is 1. The summed E-state index contributed by atoms with van der Waals surface area (Å²) >= 11 is 6.08. The number of hydrogen-bond donors (Lipinski definition) is 1. The number of nitrogens with one attached hydrogen (secondary N) is 1. The van der Waals surface area contributed by atoms with Crippen molar-refractivity contribution in [2.45, 2.75) is 19.4 Å². The van der Waals surface area contributed by atoms with E-state index in [1.54, 1.807) is 47.4 Å². The van der Waals surface area contributed by atoms with E-state index < -0.39 is 17.4 Å². The van der Waals surface area contributed by atoms with Crippen molar-refractivity contribution in [2.24, 2.45) is 0 Å². The van der Waals surface area contributed by atoms with Gasteiger partial charge in [-0.05, 0) is 38.1 Å². The standard InChI is InChI=1S/C18H17ClN2O3/c1-3-21-14-10-6-7-11-15(14)24-18(2,17(21)23)16(22)20-13-9-5-4-8-12(13)19/h4-11H,3H2,1-2H3,(H,20,22). The molecule has 1 unspecified atom stereocenters. The van der Waals surface area contributed by atoms with Gasteiger partial charge in [0.05, 0.1) is 16.4 Å². The second kappa shape index (κ2) is 6.17. The highest BCUT2D eigenvalue weighted by Gasteiger charge is 2.50. The summed E-state index contributed by atoms with van der Waals surface area (Å²) < 4.78 is 5.79. The average molecular weight is 345 g/mol. The number of carbonyl (C=O) groups excluding carboxylic acids is 2. The van der Waals surface area contributed by atoms with Gasteiger partial charge < -0.3 is 15.0 Å². The average Bonchev–Trinajstić information content (AvgIpc) is 2.58. The second-order valence-corrected chi connectivity index (χ2v) is 5.99. The van der Waals surface area contributed by atoms with Crippen LogP contribution in [-0.2, 0) is 9.59 Å². The second-order valence-electron chi connectivity index (χ2n) is 5.59. The number of benzene rings is 2. The maximum Gasteiger partial charge on any atom is 0.280 e. The van der Waals surface area contributed by atoms with Crippen LogP contribution in [0.4, 0.5) is 11.4 Å². The van der Waals surface area contributed by atoms with Gasteiger partial charge in [-0.15, -0.1) is 0 Å². The molecule has 0 saturated carbocycles. The molecule has 0 fully saturated rings. The van der Waals surface area contributed by atoms with Crippen LogP contribution in [0, 0.1) is 0 Å². The Balaban J connectivity index is 1.96. The molecule has 0 bridgehead atoms. The third-order valence-corrected chi connectivity index (χ3v) is 4.32. The van der Waals surface area contributed by atoms with Crippen LogP contribution in [0.25, 0.3) is 0 Å². The van der Waals surface area contributed by atoms with Crippen molar-refractivity contribution < 1.29 is 14.3 Å². The first kappa shape index (κ1) is 16.3. The first-order chi connectivity index (χ1) is 11.5. The van der Waals surface area contributed by atoms with Crippen LogP contribution in [0.2, 0.25) is 5.02 Å². The van der Waals surface area contributed by atoms with E-state index in [2.05, 4.69) is 5.32 Å². The van der Waals surface area contributed by atoms with Gasteiger partial charge >= 0.3 is 0 Å². The molecule has 24 heavy (non-hydrogen) atoms. The number of amides is 2. The zero-order valence-electron chi connectivity index (χ0n) is 13.4. The van der Waals surface area contributed by atoms with E-state index in [1.807, 2.05) is 13.0 Å². The zero-order chi connectivity index (χ0) is 17.3. The molecule has 2 amide bonds. The van der Waals surface area contributed by atoms with Crippen molar-refractivity contribution in [2.75, 3.05) is 16.8 Å². The first-order valence-electron chi connectivity index (χ1n) is 7.63. The van der Waals surface area contributed by atoms with Gasteiger partial charge in [0.1, 0.15) is 5.75 Å². The molecule has 1 N–H and O–H groups in total. The molecule has 2 aromatic rings. The smallest absolute Gasteiger partial charge is 0.280 e. The first-order valence-corrected chi connectivity index (χ1v) is 8.01. The molecule has 0 spiro atoms. The van der Waals surface area contributed by atoms with Crippen molar-refractivity contribution >= 4 is 34.8 Å². The molecule has 1 aliphatic heterocycles. The van der Waals surface area contributed by atoms with Crippen LogP contribution in [-0.4, -0.2) is 24.0 Å². The van der Waals surface area contributed by atoms with Crippen LogP contribution >= 0.6 is 11.6 Å². The minimum atomic E-state index is -1.66. The van der Waals surface area contributed by atoms with Crippen molar-refractivity contribution in [3.63, 3.8) is 0 Å². The lowest BCUT2D eigenvalue weighted by atomic mass is 9.99. The number of nitrogens with zero attached hydrogens (tertiary/aromatic N) is 1. The van der Waals surface area contributed by atoms with Crippen molar-refractivity contribution in [1.82, 2.24) is 0 Å². The van der Waals surface area contributed by atoms with Gasteiger partial charge in [-0.25, -0.2) is 0 Å². The highest BCUT2D eigenvalue weighted by molar-refractivity contribution is 6.34. The fourth-order valence-corrected chi connectivity index (χ4v) is 2.84. The molecule has 6 heteroatoms. The Hall–Kier alpha value is -2.53. The number of carbonyl (C=O) groups is 2. The predicted molar refractivity (Wildman–Crippen MR) is 93.6 cm³/mol. The van der Waals surface area contributed by atoms with E-state index in [9.17, 15) is 9.59 Å². The SMILES string of the molecule is CCN1C(=O)C(C)(C(=O)Nc2ccccc2Cl)Oc2ccccc21. The number of ether oxygens (including phenoxy) is 1. The van der Waals surface area contributed by atoms with Crippen molar-refractivity contribution in [3.05, 3.63) is 53.6 Å². The number of para-hydroxylation sites is 3. The number of fused-ring (bicyclic) bond motifs is 1. The highest BCUT2D eigenvalue weighted by atomic mass is 35.5. The fourth-order valence-electron chi connectivity index (χ4n) is 2.66. The topological polar surface area (TPSA) is 58.6 Å². The van der Waals surface area contributed by atoms with Gasteiger partial charge in [-0.1, -0.05) is 35.9 Å². The summed E-state index contributed by atoms with van der Waals surface area (Å²) in [6.07, 6.45) is 0. The molecule has 1 atom stereocenters. The summed E-state index contributed by atoms with van der Waals surface area (Å²) in [5.41, 5.74) is -0.569. The zero-order valence-corrected chi connectivity index (χ0v) is 14.1. The minimum absolute atomic E-state index is 0.394. The molecule has 0 saturated heterocycles. The maximum absolute atomic E-state index is 12.9. The Labute approximate surface area is 145 Å². The lowest BCUT2D eigenvalue weighted by Gasteiger charge is -2.39. The van der Waals surface area contributed by atoms with E-state index in [0.29, 0.717) is 28.7 Å². The Morgan fingerprint density at radius 3 is 2.58 bits per heavy atom. The lowest BCUT2D eigenvalue weighted by Crippen LogP contribution is -2.60. The molecular formula is C18H17ClN2O3. The predicted octanol–water partition coefficient (Wildman–Crippen LogP) is 3.48. The largest absolute Gasteiger partial charge is 0.465 e. The summed E-state index contributed by atoms with van der Waals surface area (Å²) in [5, 5.41) is 3.08. The highest BCUT2D eigenvalue weighted by Crippen LogP contribution is 2.38. The van der Waals surface area contributed by atoms with Crippen molar-refractivity contribution in [3.8, 4) is 5.75 Å². The van der Waals surface area contributed by atoms with Crippen LogP contribution in [0.15, 0.2) is 48.5 Å². The third-order valence-electron chi connectivity index (χ3n) is 3.99. The maximum atomic E-state index is 12.9. The lowest BCUT2D eigenvalue weighted by molar-refractivity contribution is -0.145. The molecule has 3 rings (SSSR count). The normalized spacial score (nSPS) is 19.5. The number of rotatable bonds is 3. The van der Waals surface area contributed by atoms with Gasteiger partial charge in [0.2, 0.25) is 0 Å². The molecule has 1 heterocycles. The number of hydrogen-bond acceptors (Lipinski definition) is 3. The summed E-state index contributed by atoms with van der Waals surface area (Å²) in [6.45, 7) is 3.76. The van der Waals surface area contributed by atoms with Crippen molar-refractivity contribution in [1.29, 1.82) is 0 Å². The molecule has 2 aromatic carbocycles. The molecule has 5 nitrogen and oxygen atoms in total. The number of halogens is 1. The fraction of sp³-hybridized carbons (Fsp3) is 0.222. The van der Waals surface area contributed by atoms with Crippen LogP contribution in [0.5, 0.6) is 5.75 Å². The van der Waals surface area contributed by atoms with Gasteiger partial charge in [-0.3, -0.25) is 9.59 Å². The van der Waals surface area contributed by atoms with E-state index in [-0.39, 0.29) is 0 Å². The Bertz CT molecular complexity index is 808. The van der Waals surface area contributed by atoms with Gasteiger partial charge in [0, 0.05) is 6.54 Å². The van der Waals surface area contributed by atoms with Gasteiger partial charge in [0.25, 0.3) is 17.4 Å². The summed E-state index contributed by atoms with van der Waals surface area (Å²) in [4.78, 5) is 27.2. The molecule has 124 valence electrons. The van der Waals surface area contributed by atoms with Crippen LogP contribution in [0.3, 0.4) is 0 Å². The summed E-state index contributed by atoms with van der Waals surface area (Å²) in [7, 11) is 0. The van der Waals surface area contributed by atoms with Crippen LogP contribution in [0.1, 0.15) is 13.8 Å². The van der Waals surface area contributed by atoms with Gasteiger partial charge in [-0.2, -0.15) is 0 Å². The molecule has 0 aromatic heterocycles. The van der Waals surface area contributed by atoms with E-state index in [0.717, 1.165) is 0 Å². The molecular weight excluding hydrogens is 328 g/mol. The molecule has 1 aliphatic rings. The third kappa shape index (κ3) is 2.61. The molecule has 0 radical (unpaired) electrons. The van der Waals surface area contributed by atoms with Gasteiger partial charge in [0.15, 0.2) is 0 Å². The Kier molecular flexibility index (Phi) is 4.20. The minimum Gasteiger partial charge on any atom is -0.465 e. The Morgan fingerprint density at radius 2 is 1.88 bits per heavy atom. The van der Waals surface area contributed by atoms with E-state index in [1.165, 1.54) is 6.92 Å².